The van der Waals surface area contributed by atoms with Gasteiger partial charge in [0.25, 0.3) is 0 Å². The van der Waals surface area contributed by atoms with E-state index in [1.807, 2.05) is 20.8 Å². The van der Waals surface area contributed by atoms with Crippen LogP contribution in [-0.4, -0.2) is 18.1 Å². The van der Waals surface area contributed by atoms with Crippen molar-refractivity contribution in [2.45, 2.75) is 39.3 Å². The normalized spacial score (nSPS) is 13.2. The lowest BCUT2D eigenvalue weighted by Gasteiger charge is -2.21. The van der Waals surface area contributed by atoms with E-state index < -0.39 is 5.60 Å². The monoisotopic (exact) mass is 331 g/mol. The van der Waals surface area contributed by atoms with Crippen LogP contribution in [0.25, 0.3) is 0 Å². The summed E-state index contributed by atoms with van der Waals surface area (Å²) >= 11 is 3.21. The molecule has 0 saturated carbocycles. The first-order valence-electron chi connectivity index (χ1n) is 6.09. The lowest BCUT2D eigenvalue weighted by Crippen LogP contribution is -2.32. The summed E-state index contributed by atoms with van der Waals surface area (Å²) in [6.45, 7) is 7.28. The van der Waals surface area contributed by atoms with Gasteiger partial charge in [0.2, 0.25) is 0 Å². The number of nitrogens with one attached hydrogen (secondary N) is 1. The molecular weight excluding hydrogens is 313 g/mol. The Morgan fingerprint density at radius 1 is 1.47 bits per heavy atom. The molecule has 1 rings (SSSR count). The predicted molar refractivity (Wildman–Crippen MR) is 76.4 cm³/mol. The minimum atomic E-state index is -0.509. The Morgan fingerprint density at radius 3 is 2.63 bits per heavy atom. The molecule has 0 saturated heterocycles. The van der Waals surface area contributed by atoms with Crippen LogP contribution in [0.1, 0.15) is 39.3 Å². The number of hydrogen-bond donors (Lipinski definition) is 1. The molecule has 0 aliphatic carbocycles. The zero-order chi connectivity index (χ0) is 14.6. The molecule has 1 aromatic rings. The molecule has 1 aromatic carbocycles. The molecular formula is C14H19BrFNO2. The molecule has 0 aromatic heterocycles. The van der Waals surface area contributed by atoms with E-state index in [0.29, 0.717) is 10.0 Å². The zero-order valence-corrected chi connectivity index (χ0v) is 13.2. The van der Waals surface area contributed by atoms with Gasteiger partial charge in [-0.2, -0.15) is 0 Å². The van der Waals surface area contributed by atoms with Gasteiger partial charge >= 0.3 is 5.97 Å². The quantitative estimate of drug-likeness (QED) is 0.857. The zero-order valence-electron chi connectivity index (χ0n) is 11.6. The fourth-order valence-corrected chi connectivity index (χ4v) is 1.91. The van der Waals surface area contributed by atoms with Crippen molar-refractivity contribution in [3.8, 4) is 0 Å². The van der Waals surface area contributed by atoms with Crippen molar-refractivity contribution >= 4 is 21.9 Å². The Labute approximate surface area is 121 Å². The highest BCUT2D eigenvalue weighted by Crippen LogP contribution is 2.20. The Kier molecular flexibility index (Phi) is 5.50. The third-order valence-corrected chi connectivity index (χ3v) is 2.89. The highest BCUT2D eigenvalue weighted by molar-refractivity contribution is 9.10. The van der Waals surface area contributed by atoms with Crippen molar-refractivity contribution in [2.75, 3.05) is 6.54 Å². The third kappa shape index (κ3) is 5.70. The summed E-state index contributed by atoms with van der Waals surface area (Å²) in [7, 11) is 0. The minimum absolute atomic E-state index is 0.0495. The summed E-state index contributed by atoms with van der Waals surface area (Å²) in [5, 5.41) is 2.95. The predicted octanol–water partition coefficient (Wildman–Crippen LogP) is 3.58. The van der Waals surface area contributed by atoms with Crippen LogP contribution in [0.5, 0.6) is 0 Å². The Bertz CT molecular complexity index is 457. The fraction of sp³-hybridized carbons (Fsp3) is 0.500. The first kappa shape index (κ1) is 16.1. The van der Waals surface area contributed by atoms with E-state index in [0.717, 1.165) is 0 Å². The number of rotatable bonds is 4. The second-order valence-electron chi connectivity index (χ2n) is 5.35. The van der Waals surface area contributed by atoms with Gasteiger partial charge in [0.1, 0.15) is 11.4 Å². The average molecular weight is 332 g/mol. The Hall–Kier alpha value is -0.940. The van der Waals surface area contributed by atoms with Crippen LogP contribution >= 0.6 is 15.9 Å². The molecule has 19 heavy (non-hydrogen) atoms. The Morgan fingerprint density at radius 2 is 2.11 bits per heavy atom. The van der Waals surface area contributed by atoms with Gasteiger partial charge in [-0.15, -0.1) is 0 Å². The number of carbonyl (C=O) groups excluding carboxylic acids is 1. The van der Waals surface area contributed by atoms with Gasteiger partial charge in [-0.25, -0.2) is 4.39 Å². The SMILES string of the molecule is CC(NCC(=O)OC(C)(C)C)c1ccc(Br)cc1F. The summed E-state index contributed by atoms with van der Waals surface area (Å²) in [6, 6.07) is 4.60. The van der Waals surface area contributed by atoms with Crippen molar-refractivity contribution in [2.24, 2.45) is 0 Å². The van der Waals surface area contributed by atoms with Crippen LogP contribution in [0.2, 0.25) is 0 Å². The molecule has 106 valence electrons. The van der Waals surface area contributed by atoms with Crippen LogP contribution in [0.3, 0.4) is 0 Å². The second-order valence-corrected chi connectivity index (χ2v) is 6.27. The number of halogens is 2. The van der Waals surface area contributed by atoms with E-state index >= 15 is 0 Å². The van der Waals surface area contributed by atoms with E-state index in [4.69, 9.17) is 4.74 Å². The van der Waals surface area contributed by atoms with E-state index in [1.165, 1.54) is 6.07 Å². The summed E-state index contributed by atoms with van der Waals surface area (Å²) in [5.74, 6) is -0.657. The molecule has 1 N–H and O–H groups in total. The number of hydrogen-bond acceptors (Lipinski definition) is 3. The summed E-state index contributed by atoms with van der Waals surface area (Å²) < 4.78 is 19.6. The summed E-state index contributed by atoms with van der Waals surface area (Å²) in [5.41, 5.74) is 0.0111. The highest BCUT2D eigenvalue weighted by Gasteiger charge is 2.17. The standard InChI is InChI=1S/C14H19BrFNO2/c1-9(11-6-5-10(15)7-12(11)16)17-8-13(18)19-14(2,3)4/h5-7,9,17H,8H2,1-4H3. The smallest absolute Gasteiger partial charge is 0.320 e. The van der Waals surface area contributed by atoms with Gasteiger partial charge in [0, 0.05) is 16.1 Å². The molecule has 1 unspecified atom stereocenters. The van der Waals surface area contributed by atoms with Crippen molar-refractivity contribution in [3.05, 3.63) is 34.1 Å². The van der Waals surface area contributed by atoms with Gasteiger partial charge in [-0.1, -0.05) is 22.0 Å². The number of ether oxygens (including phenoxy) is 1. The molecule has 5 heteroatoms. The molecule has 0 spiro atoms. The largest absolute Gasteiger partial charge is 0.459 e. The van der Waals surface area contributed by atoms with Crippen molar-refractivity contribution in [3.63, 3.8) is 0 Å². The molecule has 3 nitrogen and oxygen atoms in total. The molecule has 0 bridgehead atoms. The number of carbonyl (C=O) groups is 1. The lowest BCUT2D eigenvalue weighted by atomic mass is 10.1. The van der Waals surface area contributed by atoms with Gasteiger partial charge < -0.3 is 10.1 Å². The lowest BCUT2D eigenvalue weighted by molar-refractivity contribution is -0.153. The maximum absolute atomic E-state index is 13.7. The molecule has 0 heterocycles. The van der Waals surface area contributed by atoms with Crippen molar-refractivity contribution in [1.29, 1.82) is 0 Å². The maximum atomic E-state index is 13.7. The van der Waals surface area contributed by atoms with Crippen molar-refractivity contribution in [1.82, 2.24) is 5.32 Å². The van der Waals surface area contributed by atoms with Crippen LogP contribution < -0.4 is 5.32 Å². The third-order valence-electron chi connectivity index (χ3n) is 2.40. The average Bonchev–Trinajstić information content (AvgIpc) is 2.23. The molecule has 0 amide bonds. The fourth-order valence-electron chi connectivity index (χ4n) is 1.58. The highest BCUT2D eigenvalue weighted by atomic mass is 79.9. The van der Waals surface area contributed by atoms with E-state index in [9.17, 15) is 9.18 Å². The minimum Gasteiger partial charge on any atom is -0.459 e. The number of esters is 1. The van der Waals surface area contributed by atoms with E-state index in [2.05, 4.69) is 21.2 Å². The molecule has 0 aliphatic heterocycles. The van der Waals surface area contributed by atoms with Crippen LogP contribution in [0.15, 0.2) is 22.7 Å². The van der Waals surface area contributed by atoms with Crippen LogP contribution in [0.4, 0.5) is 4.39 Å². The molecule has 1 atom stereocenters. The van der Waals surface area contributed by atoms with Gasteiger partial charge in [0.15, 0.2) is 0 Å². The molecule has 0 aliphatic rings. The van der Waals surface area contributed by atoms with Gasteiger partial charge in [-0.05, 0) is 39.8 Å². The molecule has 0 radical (unpaired) electrons. The van der Waals surface area contributed by atoms with E-state index in [-0.39, 0.29) is 24.4 Å². The van der Waals surface area contributed by atoms with Crippen molar-refractivity contribution < 1.29 is 13.9 Å². The summed E-state index contributed by atoms with van der Waals surface area (Å²) in [6.07, 6.45) is 0. The van der Waals surface area contributed by atoms with Gasteiger partial charge in [0.05, 0.1) is 6.54 Å². The Balaban J connectivity index is 2.56. The van der Waals surface area contributed by atoms with E-state index in [1.54, 1.807) is 19.1 Å². The first-order chi connectivity index (χ1) is 8.69. The van der Waals surface area contributed by atoms with Crippen LogP contribution in [-0.2, 0) is 9.53 Å². The summed E-state index contributed by atoms with van der Waals surface area (Å²) in [4.78, 5) is 11.5. The molecule has 0 fully saturated rings. The van der Waals surface area contributed by atoms with Gasteiger partial charge in [-0.3, -0.25) is 4.79 Å². The topological polar surface area (TPSA) is 38.3 Å². The first-order valence-corrected chi connectivity index (χ1v) is 6.88. The van der Waals surface area contributed by atoms with Crippen LogP contribution in [0, 0.1) is 5.82 Å². The second kappa shape index (κ2) is 6.48. The number of benzene rings is 1. The maximum Gasteiger partial charge on any atom is 0.320 e.